The molecule has 5 nitrogen and oxygen atoms in total. The summed E-state index contributed by atoms with van der Waals surface area (Å²) in [5, 5.41) is 4.60. The van der Waals surface area contributed by atoms with Gasteiger partial charge in [0.05, 0.1) is 28.1 Å². The van der Waals surface area contributed by atoms with Gasteiger partial charge >= 0.3 is 0 Å². The summed E-state index contributed by atoms with van der Waals surface area (Å²) in [7, 11) is 1.61. The molecular weight excluding hydrogens is 363 g/mol. The number of H-pyrrole nitrogens is 1. The molecule has 0 bridgehead atoms. The molecule has 1 aliphatic heterocycles. The van der Waals surface area contributed by atoms with E-state index in [-0.39, 0.29) is 11.8 Å². The highest BCUT2D eigenvalue weighted by Gasteiger charge is 2.29. The van der Waals surface area contributed by atoms with Crippen LogP contribution >= 0.6 is 23.2 Å². The minimum atomic E-state index is -0.289. The van der Waals surface area contributed by atoms with Gasteiger partial charge in [-0.25, -0.2) is 0 Å². The molecule has 0 saturated carbocycles. The Kier molecular flexibility index (Phi) is 6.99. The minimum Gasteiger partial charge on any atom is -0.490 e. The molecule has 0 spiro atoms. The summed E-state index contributed by atoms with van der Waals surface area (Å²) in [6.45, 7) is 7.33. The standard InChI is InChI=1S/C16H18Cl2N2O3.C2H6/c1-8-12-10(3-4-19-16(8)21)20-15-13(12)11(23-6-5-22-2)7-9(17)14(15)18;1-2/h7-8,20H,3-6H2,1-2H3,(H,19,21);1-2H3. The number of ether oxygens (including phenoxy) is 2. The van der Waals surface area contributed by atoms with Gasteiger partial charge in [-0.3, -0.25) is 4.79 Å². The van der Waals surface area contributed by atoms with Crippen LogP contribution in [0.3, 0.4) is 0 Å². The molecule has 1 aliphatic rings. The van der Waals surface area contributed by atoms with Gasteiger partial charge in [0.15, 0.2) is 0 Å². The van der Waals surface area contributed by atoms with Crippen LogP contribution in [-0.4, -0.2) is 37.8 Å². The van der Waals surface area contributed by atoms with Crippen molar-refractivity contribution >= 4 is 40.0 Å². The van der Waals surface area contributed by atoms with E-state index < -0.39 is 0 Å². The van der Waals surface area contributed by atoms with E-state index in [1.807, 2.05) is 20.8 Å². The zero-order valence-electron chi connectivity index (χ0n) is 15.0. The Morgan fingerprint density at radius 2 is 2.00 bits per heavy atom. The first-order chi connectivity index (χ1) is 12.0. The van der Waals surface area contributed by atoms with Crippen LogP contribution in [0.2, 0.25) is 10.0 Å². The topological polar surface area (TPSA) is 63.4 Å². The highest BCUT2D eigenvalue weighted by atomic mass is 35.5. The minimum absolute atomic E-state index is 0.00133. The molecular formula is C18H24Cl2N2O3. The van der Waals surface area contributed by atoms with Gasteiger partial charge in [-0.2, -0.15) is 0 Å². The number of fused-ring (bicyclic) bond motifs is 3. The third-order valence-corrected chi connectivity index (χ3v) is 4.89. The van der Waals surface area contributed by atoms with Crippen molar-refractivity contribution in [2.24, 2.45) is 0 Å². The summed E-state index contributed by atoms with van der Waals surface area (Å²) >= 11 is 12.6. The van der Waals surface area contributed by atoms with E-state index in [9.17, 15) is 4.79 Å². The van der Waals surface area contributed by atoms with E-state index in [4.69, 9.17) is 32.7 Å². The highest BCUT2D eigenvalue weighted by molar-refractivity contribution is 6.45. The monoisotopic (exact) mass is 386 g/mol. The average Bonchev–Trinajstić information content (AvgIpc) is 2.94. The van der Waals surface area contributed by atoms with Gasteiger partial charge < -0.3 is 19.8 Å². The maximum absolute atomic E-state index is 12.2. The van der Waals surface area contributed by atoms with Gasteiger partial charge in [0.1, 0.15) is 12.4 Å². The van der Waals surface area contributed by atoms with Gasteiger partial charge in [0.25, 0.3) is 0 Å². The Labute approximate surface area is 158 Å². The van der Waals surface area contributed by atoms with Crippen LogP contribution in [0.5, 0.6) is 5.75 Å². The highest BCUT2D eigenvalue weighted by Crippen LogP contribution is 2.43. The number of methoxy groups -OCH3 is 1. The second kappa shape index (κ2) is 8.79. The Morgan fingerprint density at radius 3 is 2.68 bits per heavy atom. The number of nitrogens with one attached hydrogen (secondary N) is 2. The first-order valence-electron chi connectivity index (χ1n) is 8.46. The van der Waals surface area contributed by atoms with Crippen LogP contribution in [-0.2, 0) is 16.0 Å². The number of rotatable bonds is 4. The summed E-state index contributed by atoms with van der Waals surface area (Å²) in [5.41, 5.74) is 2.64. The van der Waals surface area contributed by atoms with Crippen LogP contribution in [0.4, 0.5) is 0 Å². The third kappa shape index (κ3) is 3.89. The number of benzene rings is 1. The van der Waals surface area contributed by atoms with Gasteiger partial charge in [-0.1, -0.05) is 37.0 Å². The fourth-order valence-corrected chi connectivity index (χ4v) is 3.37. The predicted molar refractivity (Wildman–Crippen MR) is 102 cm³/mol. The molecule has 1 atom stereocenters. The summed E-state index contributed by atoms with van der Waals surface area (Å²) in [6, 6.07) is 1.70. The maximum atomic E-state index is 12.2. The Hall–Kier alpha value is -1.43. The number of halogens is 2. The van der Waals surface area contributed by atoms with Crippen molar-refractivity contribution in [1.82, 2.24) is 10.3 Å². The fourth-order valence-electron chi connectivity index (χ4n) is 2.98. The summed E-state index contributed by atoms with van der Waals surface area (Å²) in [6.07, 6.45) is 0.714. The van der Waals surface area contributed by atoms with Gasteiger partial charge in [0, 0.05) is 37.2 Å². The summed E-state index contributed by atoms with van der Waals surface area (Å²) in [4.78, 5) is 15.5. The van der Waals surface area contributed by atoms with E-state index in [1.54, 1.807) is 13.2 Å². The van der Waals surface area contributed by atoms with Crippen molar-refractivity contribution in [3.05, 3.63) is 27.4 Å². The van der Waals surface area contributed by atoms with E-state index in [0.717, 1.165) is 22.2 Å². The zero-order valence-corrected chi connectivity index (χ0v) is 16.5. The molecule has 1 unspecified atom stereocenters. The number of aromatic nitrogens is 1. The summed E-state index contributed by atoms with van der Waals surface area (Å²) in [5.74, 6) is 0.326. The van der Waals surface area contributed by atoms with E-state index in [1.165, 1.54) is 0 Å². The van der Waals surface area contributed by atoms with Crippen LogP contribution in [0.1, 0.15) is 37.9 Å². The first-order valence-corrected chi connectivity index (χ1v) is 9.22. The normalized spacial score (nSPS) is 16.6. The van der Waals surface area contributed by atoms with Crippen molar-refractivity contribution in [2.75, 3.05) is 26.9 Å². The molecule has 1 amide bonds. The SMILES string of the molecule is CC.COCCOc1cc(Cl)c(Cl)c2[nH]c3c(c12)C(C)C(=O)NCC3. The lowest BCUT2D eigenvalue weighted by Gasteiger charge is -2.13. The van der Waals surface area contributed by atoms with Crippen LogP contribution in [0.15, 0.2) is 6.07 Å². The molecule has 2 heterocycles. The Morgan fingerprint density at radius 1 is 1.28 bits per heavy atom. The van der Waals surface area contributed by atoms with Crippen molar-refractivity contribution < 1.29 is 14.3 Å². The van der Waals surface area contributed by atoms with E-state index in [2.05, 4.69) is 10.3 Å². The van der Waals surface area contributed by atoms with Gasteiger partial charge in [-0.05, 0) is 12.5 Å². The number of carbonyl (C=O) groups is 1. The Bertz CT molecular complexity index is 759. The molecule has 0 fully saturated rings. The second-order valence-electron chi connectivity index (χ2n) is 5.54. The lowest BCUT2D eigenvalue weighted by atomic mass is 9.96. The molecule has 0 aliphatic carbocycles. The van der Waals surface area contributed by atoms with Crippen molar-refractivity contribution in [1.29, 1.82) is 0 Å². The number of amides is 1. The predicted octanol–water partition coefficient (Wildman–Crippen LogP) is 4.30. The lowest BCUT2D eigenvalue weighted by molar-refractivity contribution is -0.121. The van der Waals surface area contributed by atoms with Crippen molar-refractivity contribution in [2.45, 2.75) is 33.1 Å². The average molecular weight is 387 g/mol. The smallest absolute Gasteiger partial charge is 0.227 e. The van der Waals surface area contributed by atoms with Crippen LogP contribution in [0.25, 0.3) is 10.9 Å². The molecule has 25 heavy (non-hydrogen) atoms. The number of hydrogen-bond acceptors (Lipinski definition) is 3. The largest absolute Gasteiger partial charge is 0.490 e. The first kappa shape index (κ1) is 19.9. The number of aromatic amines is 1. The van der Waals surface area contributed by atoms with E-state index in [0.29, 0.717) is 42.0 Å². The molecule has 3 rings (SSSR count). The fraction of sp³-hybridized carbons (Fsp3) is 0.500. The van der Waals surface area contributed by atoms with Gasteiger partial charge in [0.2, 0.25) is 5.91 Å². The lowest BCUT2D eigenvalue weighted by Crippen LogP contribution is -2.26. The molecule has 0 saturated heterocycles. The second-order valence-corrected chi connectivity index (χ2v) is 6.33. The van der Waals surface area contributed by atoms with Gasteiger partial charge in [-0.15, -0.1) is 0 Å². The Balaban J connectivity index is 0.00000109. The van der Waals surface area contributed by atoms with E-state index >= 15 is 0 Å². The van der Waals surface area contributed by atoms with Crippen LogP contribution < -0.4 is 10.1 Å². The summed E-state index contributed by atoms with van der Waals surface area (Å²) < 4.78 is 10.9. The molecule has 7 heteroatoms. The number of hydrogen-bond donors (Lipinski definition) is 2. The zero-order chi connectivity index (χ0) is 18.6. The molecule has 1 aromatic carbocycles. The molecule has 2 N–H and O–H groups in total. The molecule has 0 radical (unpaired) electrons. The van der Waals surface area contributed by atoms with Crippen molar-refractivity contribution in [3.8, 4) is 5.75 Å². The maximum Gasteiger partial charge on any atom is 0.227 e. The molecule has 2 aromatic rings. The number of carbonyl (C=O) groups excluding carboxylic acids is 1. The van der Waals surface area contributed by atoms with Crippen LogP contribution in [0, 0.1) is 0 Å². The molecule has 1 aromatic heterocycles. The van der Waals surface area contributed by atoms with Crippen molar-refractivity contribution in [3.63, 3.8) is 0 Å². The quantitative estimate of drug-likeness (QED) is 0.769. The molecule has 138 valence electrons. The third-order valence-electron chi connectivity index (χ3n) is 4.10.